The Morgan fingerprint density at radius 1 is 1.16 bits per heavy atom. The van der Waals surface area contributed by atoms with Crippen molar-refractivity contribution in [3.8, 4) is 0 Å². The van der Waals surface area contributed by atoms with Gasteiger partial charge in [-0.05, 0) is 28.6 Å². The molecule has 25 heavy (non-hydrogen) atoms. The van der Waals surface area contributed by atoms with Crippen molar-refractivity contribution in [2.75, 3.05) is 7.05 Å². The second kappa shape index (κ2) is 9.25. The fraction of sp³-hybridized carbons (Fsp3) is 0.500. The standard InChI is InChI=1S/C14H21N5O4S2/c1-7(13(20)21)3-8-11(18-5-16-8)24-25-12-9(17-6-19-12)4-10(15-2)14(22)23/h5-7,10,14-15,22-23H,3-4H2,1-2H3,(H,16,18)(H,17,19)(H,20,21)/t7-,10-/m0/s1. The quantitative estimate of drug-likeness (QED) is 0.255. The van der Waals surface area contributed by atoms with Crippen LogP contribution in [-0.2, 0) is 17.6 Å². The number of carboxylic acids is 1. The Morgan fingerprint density at radius 2 is 1.68 bits per heavy atom. The third-order valence-electron chi connectivity index (χ3n) is 3.64. The lowest BCUT2D eigenvalue weighted by Gasteiger charge is -2.17. The van der Waals surface area contributed by atoms with Crippen LogP contribution in [-0.4, -0.2) is 60.6 Å². The van der Waals surface area contributed by atoms with Gasteiger partial charge in [0.2, 0.25) is 0 Å². The summed E-state index contributed by atoms with van der Waals surface area (Å²) in [6.45, 7) is 1.65. The number of hydrogen-bond acceptors (Lipinski definition) is 8. The molecule has 0 aliphatic heterocycles. The highest BCUT2D eigenvalue weighted by molar-refractivity contribution is 8.76. The van der Waals surface area contributed by atoms with Gasteiger partial charge < -0.3 is 30.6 Å². The molecule has 0 saturated carbocycles. The smallest absolute Gasteiger partial charge is 0.306 e. The number of aromatic nitrogens is 4. The van der Waals surface area contributed by atoms with Gasteiger partial charge in [-0.25, -0.2) is 9.97 Å². The molecule has 0 radical (unpaired) electrons. The van der Waals surface area contributed by atoms with Crippen molar-refractivity contribution in [2.24, 2.45) is 5.92 Å². The minimum absolute atomic E-state index is 0.365. The summed E-state index contributed by atoms with van der Waals surface area (Å²) in [7, 11) is 4.41. The number of aromatic amines is 2. The number of H-pyrrole nitrogens is 2. The molecule has 2 atom stereocenters. The van der Waals surface area contributed by atoms with Crippen LogP contribution in [0.2, 0.25) is 0 Å². The van der Waals surface area contributed by atoms with Crippen LogP contribution in [0, 0.1) is 5.92 Å². The van der Waals surface area contributed by atoms with E-state index in [1.165, 1.54) is 27.9 Å². The zero-order chi connectivity index (χ0) is 18.4. The molecule has 0 amide bonds. The zero-order valence-electron chi connectivity index (χ0n) is 13.8. The normalized spacial score (nSPS) is 14.0. The third-order valence-corrected chi connectivity index (χ3v) is 5.94. The van der Waals surface area contributed by atoms with E-state index < -0.39 is 24.2 Å². The largest absolute Gasteiger partial charge is 0.481 e. The fourth-order valence-corrected chi connectivity index (χ4v) is 4.27. The molecule has 6 N–H and O–H groups in total. The molecule has 2 heterocycles. The first-order chi connectivity index (χ1) is 11.9. The van der Waals surface area contributed by atoms with Gasteiger partial charge >= 0.3 is 5.97 Å². The van der Waals surface area contributed by atoms with Crippen LogP contribution in [0.1, 0.15) is 18.3 Å². The molecule has 9 nitrogen and oxygen atoms in total. The highest BCUT2D eigenvalue weighted by atomic mass is 33.1. The molecule has 0 aliphatic rings. The second-order valence-corrected chi connectivity index (χ2v) is 7.60. The molecule has 0 unspecified atom stereocenters. The molecular weight excluding hydrogens is 366 g/mol. The average molecular weight is 387 g/mol. The lowest BCUT2D eigenvalue weighted by molar-refractivity contribution is -0.141. The van der Waals surface area contributed by atoms with E-state index in [0.29, 0.717) is 22.9 Å². The molecule has 0 bridgehead atoms. The molecule has 2 aromatic rings. The minimum atomic E-state index is -1.48. The minimum Gasteiger partial charge on any atom is -0.481 e. The van der Waals surface area contributed by atoms with Gasteiger partial charge in [0, 0.05) is 12.8 Å². The number of aliphatic hydroxyl groups excluding tert-OH is 1. The van der Waals surface area contributed by atoms with Crippen LogP contribution < -0.4 is 5.32 Å². The van der Waals surface area contributed by atoms with E-state index in [0.717, 1.165) is 11.4 Å². The number of likely N-dealkylation sites (N-methyl/N-ethyl adjacent to an activating group) is 1. The molecule has 2 rings (SSSR count). The highest BCUT2D eigenvalue weighted by Crippen LogP contribution is 2.38. The van der Waals surface area contributed by atoms with Crippen LogP contribution in [0.5, 0.6) is 0 Å². The number of rotatable bonds is 10. The molecular formula is C14H21N5O4S2. The Balaban J connectivity index is 2.00. The average Bonchev–Trinajstić information content (AvgIpc) is 3.19. The first-order valence-electron chi connectivity index (χ1n) is 7.57. The van der Waals surface area contributed by atoms with Crippen LogP contribution in [0.3, 0.4) is 0 Å². The summed E-state index contributed by atoms with van der Waals surface area (Å²) in [4.78, 5) is 25.5. The van der Waals surface area contributed by atoms with Gasteiger partial charge in [-0.15, -0.1) is 0 Å². The Hall–Kier alpha value is -1.53. The zero-order valence-corrected chi connectivity index (χ0v) is 15.4. The fourth-order valence-electron chi connectivity index (χ4n) is 2.10. The predicted molar refractivity (Wildman–Crippen MR) is 94.2 cm³/mol. The number of carboxylic acid groups (broad SMARTS) is 1. The number of imidazole rings is 2. The van der Waals surface area contributed by atoms with E-state index in [4.69, 9.17) is 5.11 Å². The van der Waals surface area contributed by atoms with E-state index >= 15 is 0 Å². The summed E-state index contributed by atoms with van der Waals surface area (Å²) < 4.78 is 0. The predicted octanol–water partition coefficient (Wildman–Crippen LogP) is 0.637. The Bertz CT molecular complexity index is 690. The van der Waals surface area contributed by atoms with Crippen LogP contribution in [0.25, 0.3) is 0 Å². The molecule has 0 spiro atoms. The van der Waals surface area contributed by atoms with Crippen LogP contribution in [0.15, 0.2) is 22.7 Å². The Labute approximate surface area is 152 Å². The lowest BCUT2D eigenvalue weighted by atomic mass is 10.1. The van der Waals surface area contributed by atoms with Crippen molar-refractivity contribution < 1.29 is 20.1 Å². The maximum absolute atomic E-state index is 11.0. The number of carbonyl (C=O) groups is 1. The maximum atomic E-state index is 11.0. The van der Waals surface area contributed by atoms with Gasteiger partial charge in [0.1, 0.15) is 10.1 Å². The molecule has 138 valence electrons. The lowest BCUT2D eigenvalue weighted by Crippen LogP contribution is -2.39. The number of hydrogen-bond donors (Lipinski definition) is 6. The molecule has 2 aromatic heterocycles. The third kappa shape index (κ3) is 5.47. The topological polar surface area (TPSA) is 147 Å². The summed E-state index contributed by atoms with van der Waals surface area (Å²) in [5.41, 5.74) is 1.55. The van der Waals surface area contributed by atoms with Crippen LogP contribution in [0.4, 0.5) is 0 Å². The first-order valence-corrected chi connectivity index (χ1v) is 9.72. The molecule has 0 aromatic carbocycles. The van der Waals surface area contributed by atoms with Crippen molar-refractivity contribution in [3.63, 3.8) is 0 Å². The summed E-state index contributed by atoms with van der Waals surface area (Å²) in [5.74, 6) is -1.36. The van der Waals surface area contributed by atoms with Gasteiger partial charge in [-0.1, -0.05) is 6.92 Å². The molecule has 0 aliphatic carbocycles. The second-order valence-electron chi connectivity index (χ2n) is 5.50. The maximum Gasteiger partial charge on any atom is 0.306 e. The van der Waals surface area contributed by atoms with Crippen molar-refractivity contribution in [2.45, 2.75) is 42.1 Å². The van der Waals surface area contributed by atoms with E-state index in [2.05, 4.69) is 25.3 Å². The molecule has 11 heteroatoms. The Kier molecular flexibility index (Phi) is 7.32. The highest BCUT2D eigenvalue weighted by Gasteiger charge is 2.20. The number of nitrogens with one attached hydrogen (secondary N) is 3. The van der Waals surface area contributed by atoms with Gasteiger partial charge in [0.05, 0.1) is 36.0 Å². The summed E-state index contributed by atoms with van der Waals surface area (Å²) >= 11 is 0. The Morgan fingerprint density at radius 3 is 2.12 bits per heavy atom. The van der Waals surface area contributed by atoms with Gasteiger partial charge in [-0.3, -0.25) is 4.79 Å². The van der Waals surface area contributed by atoms with Crippen LogP contribution >= 0.6 is 21.6 Å². The van der Waals surface area contributed by atoms with Gasteiger partial charge in [0.15, 0.2) is 6.29 Å². The van der Waals surface area contributed by atoms with Gasteiger partial charge in [0.25, 0.3) is 0 Å². The van der Waals surface area contributed by atoms with Crippen molar-refractivity contribution in [1.29, 1.82) is 0 Å². The number of aliphatic carboxylic acids is 1. The first kappa shape index (κ1) is 19.8. The molecule has 0 fully saturated rings. The molecule has 0 saturated heterocycles. The summed E-state index contributed by atoms with van der Waals surface area (Å²) in [6.07, 6.45) is 2.35. The monoisotopic (exact) mass is 387 g/mol. The summed E-state index contributed by atoms with van der Waals surface area (Å²) in [5, 5.41) is 32.0. The van der Waals surface area contributed by atoms with Crippen molar-refractivity contribution in [1.82, 2.24) is 25.3 Å². The van der Waals surface area contributed by atoms with E-state index in [9.17, 15) is 15.0 Å². The van der Waals surface area contributed by atoms with E-state index in [1.54, 1.807) is 20.3 Å². The summed E-state index contributed by atoms with van der Waals surface area (Å²) in [6, 6.07) is -0.512. The van der Waals surface area contributed by atoms with E-state index in [-0.39, 0.29) is 0 Å². The van der Waals surface area contributed by atoms with Gasteiger partial charge in [-0.2, -0.15) is 0 Å². The van der Waals surface area contributed by atoms with Crippen molar-refractivity contribution in [3.05, 3.63) is 24.0 Å². The number of aliphatic hydroxyl groups is 2. The van der Waals surface area contributed by atoms with E-state index in [1.807, 2.05) is 0 Å². The van der Waals surface area contributed by atoms with Crippen molar-refractivity contribution >= 4 is 27.6 Å². The number of nitrogens with zero attached hydrogens (tertiary/aromatic N) is 2. The SMILES string of the molecule is CN[C@@H](Cc1[nH]cnc1SSc1nc[nH]c1C[C@H](C)C(=O)O)C(O)O.